The molecule has 1 aromatic rings. The zero-order valence-electron chi connectivity index (χ0n) is 11.0. The molecule has 2 N–H and O–H groups in total. The summed E-state index contributed by atoms with van der Waals surface area (Å²) in [5, 5.41) is 8.80. The number of aromatic carboxylic acids is 1. The van der Waals surface area contributed by atoms with Gasteiger partial charge in [-0.15, -0.1) is 0 Å². The van der Waals surface area contributed by atoms with E-state index in [1.165, 1.54) is 0 Å². The molecule has 0 saturated heterocycles. The molecule has 0 spiro atoms. The molecule has 0 bridgehead atoms. The molecule has 0 atom stereocenters. The van der Waals surface area contributed by atoms with Crippen molar-refractivity contribution in [3.63, 3.8) is 0 Å². The van der Waals surface area contributed by atoms with Crippen LogP contribution in [0.5, 0.6) is 0 Å². The van der Waals surface area contributed by atoms with Gasteiger partial charge in [0.2, 0.25) is 15.8 Å². The molecule has 2 rings (SSSR count). The fraction of sp³-hybridized carbons (Fsp3) is 0.583. The van der Waals surface area contributed by atoms with Crippen molar-refractivity contribution in [3.8, 4) is 0 Å². The van der Waals surface area contributed by atoms with Crippen molar-refractivity contribution < 1.29 is 22.7 Å². The number of nitrogens with one attached hydrogen (secondary N) is 1. The van der Waals surface area contributed by atoms with Crippen molar-refractivity contribution in [2.24, 2.45) is 5.41 Å². The van der Waals surface area contributed by atoms with Crippen molar-refractivity contribution in [3.05, 3.63) is 16.5 Å². The van der Waals surface area contributed by atoms with Gasteiger partial charge in [0.25, 0.3) is 0 Å². The lowest BCUT2D eigenvalue weighted by atomic mass is 10.0. The van der Waals surface area contributed by atoms with E-state index in [1.807, 2.05) is 0 Å². The van der Waals surface area contributed by atoms with E-state index in [1.54, 1.807) is 0 Å². The summed E-state index contributed by atoms with van der Waals surface area (Å²) in [4.78, 5) is 10.6. The van der Waals surface area contributed by atoms with Crippen LogP contribution in [0, 0.1) is 5.41 Å². The highest BCUT2D eigenvalue weighted by molar-refractivity contribution is 9.10. The first-order valence-corrected chi connectivity index (χ1v) is 8.59. The average Bonchev–Trinajstić information content (AvgIpc) is 3.00. The minimum atomic E-state index is -3.77. The van der Waals surface area contributed by atoms with E-state index >= 15 is 0 Å². The predicted molar refractivity (Wildman–Crippen MR) is 75.1 cm³/mol. The number of sulfonamides is 1. The van der Waals surface area contributed by atoms with Gasteiger partial charge in [0, 0.05) is 12.6 Å². The highest BCUT2D eigenvalue weighted by Crippen LogP contribution is 2.49. The molecular weight excluding hydrogens is 350 g/mol. The highest BCUT2D eigenvalue weighted by Gasteiger charge is 2.42. The number of hydrogen-bond donors (Lipinski definition) is 2. The third kappa shape index (κ3) is 3.24. The molecule has 1 heterocycles. The number of carboxylic acid groups (broad SMARTS) is 1. The standard InChI is InChI=1S/C12H16BrNO5S/c1-2-3-12(4-5-12)7-14-20(17,18)9-6-8(11(15)16)19-10(9)13/h6,14H,2-5,7H2,1H3,(H,15,16). The summed E-state index contributed by atoms with van der Waals surface area (Å²) in [6.45, 7) is 2.45. The Balaban J connectivity index is 2.12. The van der Waals surface area contributed by atoms with Crippen LogP contribution in [0.2, 0.25) is 0 Å². The fourth-order valence-electron chi connectivity index (χ4n) is 2.19. The number of hydrogen-bond acceptors (Lipinski definition) is 4. The summed E-state index contributed by atoms with van der Waals surface area (Å²) in [5.74, 6) is -1.72. The van der Waals surface area contributed by atoms with E-state index in [-0.39, 0.29) is 15.0 Å². The molecule has 1 fully saturated rings. The molecular formula is C12H16BrNO5S. The maximum Gasteiger partial charge on any atom is 0.371 e. The molecule has 112 valence electrons. The summed E-state index contributed by atoms with van der Waals surface area (Å²) in [7, 11) is -3.77. The van der Waals surface area contributed by atoms with Crippen LogP contribution < -0.4 is 4.72 Å². The number of halogens is 1. The molecule has 0 unspecified atom stereocenters. The van der Waals surface area contributed by atoms with Gasteiger partial charge < -0.3 is 9.52 Å². The van der Waals surface area contributed by atoms with Gasteiger partial charge in [-0.3, -0.25) is 0 Å². The minimum Gasteiger partial charge on any atom is -0.475 e. The molecule has 8 heteroatoms. The van der Waals surface area contributed by atoms with Crippen molar-refractivity contribution in [2.75, 3.05) is 6.54 Å². The highest BCUT2D eigenvalue weighted by atomic mass is 79.9. The summed E-state index contributed by atoms with van der Waals surface area (Å²) in [6, 6.07) is 1.01. The van der Waals surface area contributed by atoms with Gasteiger partial charge in [-0.05, 0) is 40.6 Å². The molecule has 0 aliphatic heterocycles. The van der Waals surface area contributed by atoms with Gasteiger partial charge in [0.15, 0.2) is 4.67 Å². The molecule has 0 aromatic carbocycles. The molecule has 6 nitrogen and oxygen atoms in total. The van der Waals surface area contributed by atoms with E-state index in [0.717, 1.165) is 31.7 Å². The summed E-state index contributed by atoms with van der Waals surface area (Å²) in [5.41, 5.74) is 0.0770. The van der Waals surface area contributed by atoms with E-state index in [4.69, 9.17) is 9.52 Å². The summed E-state index contributed by atoms with van der Waals surface area (Å²) >= 11 is 2.94. The SMILES string of the molecule is CCCC1(CNS(=O)(=O)c2cc(C(=O)O)oc2Br)CC1. The first-order chi connectivity index (χ1) is 9.30. The predicted octanol–water partition coefficient (Wildman–Crippen LogP) is 2.60. The van der Waals surface area contributed by atoms with E-state index in [9.17, 15) is 13.2 Å². The van der Waals surface area contributed by atoms with Crippen LogP contribution in [-0.2, 0) is 10.0 Å². The summed E-state index contributed by atoms with van der Waals surface area (Å²) in [6.07, 6.45) is 4.05. The fourth-order valence-corrected chi connectivity index (χ4v) is 4.28. The molecule has 1 aliphatic carbocycles. The van der Waals surface area contributed by atoms with Gasteiger partial charge in [0.1, 0.15) is 4.90 Å². The Morgan fingerprint density at radius 2 is 2.20 bits per heavy atom. The van der Waals surface area contributed by atoms with Crippen LogP contribution >= 0.6 is 15.9 Å². The topological polar surface area (TPSA) is 96.6 Å². The maximum atomic E-state index is 12.2. The van der Waals surface area contributed by atoms with Gasteiger partial charge in [-0.25, -0.2) is 17.9 Å². The lowest BCUT2D eigenvalue weighted by Gasteiger charge is -2.14. The van der Waals surface area contributed by atoms with Crippen LogP contribution in [0.1, 0.15) is 43.2 Å². The Kier molecular flexibility index (Phi) is 4.27. The van der Waals surface area contributed by atoms with Gasteiger partial charge in [-0.2, -0.15) is 0 Å². The van der Waals surface area contributed by atoms with E-state index < -0.39 is 21.8 Å². The second-order valence-electron chi connectivity index (χ2n) is 5.13. The van der Waals surface area contributed by atoms with Crippen LogP contribution in [0.25, 0.3) is 0 Å². The van der Waals surface area contributed by atoms with Crippen LogP contribution in [0.3, 0.4) is 0 Å². The van der Waals surface area contributed by atoms with Gasteiger partial charge >= 0.3 is 5.97 Å². The Morgan fingerprint density at radius 3 is 2.65 bits per heavy atom. The lowest BCUT2D eigenvalue weighted by molar-refractivity contribution is 0.0661. The monoisotopic (exact) mass is 365 g/mol. The molecule has 1 aliphatic rings. The second kappa shape index (κ2) is 5.50. The Hall–Kier alpha value is -0.860. The Labute approximate surface area is 125 Å². The third-order valence-corrected chi connectivity index (χ3v) is 5.79. The Bertz CT molecular complexity index is 618. The summed E-state index contributed by atoms with van der Waals surface area (Å²) < 4.78 is 31.7. The largest absolute Gasteiger partial charge is 0.475 e. The van der Waals surface area contributed by atoms with E-state index in [0.29, 0.717) is 6.54 Å². The Morgan fingerprint density at radius 1 is 1.55 bits per heavy atom. The molecule has 0 radical (unpaired) electrons. The number of carboxylic acids is 1. The average molecular weight is 366 g/mol. The van der Waals surface area contributed by atoms with Crippen molar-refractivity contribution in [2.45, 2.75) is 37.5 Å². The number of furan rings is 1. The van der Waals surface area contributed by atoms with Crippen molar-refractivity contribution >= 4 is 31.9 Å². The first kappa shape index (κ1) is 15.5. The molecule has 0 amide bonds. The minimum absolute atomic E-state index is 0.0770. The van der Waals surface area contributed by atoms with Crippen LogP contribution in [0.15, 0.2) is 20.0 Å². The normalized spacial score (nSPS) is 17.1. The first-order valence-electron chi connectivity index (χ1n) is 6.32. The van der Waals surface area contributed by atoms with Crippen LogP contribution in [-0.4, -0.2) is 26.0 Å². The van der Waals surface area contributed by atoms with Gasteiger partial charge in [-0.1, -0.05) is 13.3 Å². The molecule has 1 aromatic heterocycles. The number of rotatable bonds is 7. The van der Waals surface area contributed by atoms with Gasteiger partial charge in [0.05, 0.1) is 0 Å². The van der Waals surface area contributed by atoms with Crippen molar-refractivity contribution in [1.29, 1.82) is 0 Å². The van der Waals surface area contributed by atoms with Crippen molar-refractivity contribution in [1.82, 2.24) is 4.72 Å². The number of carbonyl (C=O) groups is 1. The quantitative estimate of drug-likeness (QED) is 0.773. The zero-order valence-corrected chi connectivity index (χ0v) is 13.4. The second-order valence-corrected chi connectivity index (χ2v) is 7.58. The zero-order chi connectivity index (χ0) is 15.0. The molecule has 20 heavy (non-hydrogen) atoms. The third-order valence-electron chi connectivity index (χ3n) is 3.53. The van der Waals surface area contributed by atoms with E-state index in [2.05, 4.69) is 27.6 Å². The maximum absolute atomic E-state index is 12.2. The lowest BCUT2D eigenvalue weighted by Crippen LogP contribution is -2.30. The van der Waals surface area contributed by atoms with Crippen LogP contribution in [0.4, 0.5) is 0 Å². The molecule has 1 saturated carbocycles. The smallest absolute Gasteiger partial charge is 0.371 e.